The van der Waals surface area contributed by atoms with E-state index < -0.39 is 17.7 Å². The molecular formula is C28H25NO4. The van der Waals surface area contributed by atoms with Gasteiger partial charge < -0.3 is 9.84 Å². The van der Waals surface area contributed by atoms with Gasteiger partial charge in [-0.3, -0.25) is 14.5 Å². The number of ketones is 1. The number of rotatable bonds is 4. The Morgan fingerprint density at radius 1 is 0.909 bits per heavy atom. The molecule has 0 radical (unpaired) electrons. The SMILES string of the molecule is COc1ccc(C2/C(=C(/O)c3ccc4c(c3)CCCC4)C(=O)C(=O)N2c2ccccc2)cc1. The number of Topliss-reactive ketones (excluding diaryl/α,β-unsaturated/α-hetero) is 1. The molecular weight excluding hydrogens is 414 g/mol. The second-order valence-corrected chi connectivity index (χ2v) is 8.47. The number of aliphatic hydroxyl groups excluding tert-OH is 1. The summed E-state index contributed by atoms with van der Waals surface area (Å²) >= 11 is 0. The summed E-state index contributed by atoms with van der Waals surface area (Å²) in [5.41, 5.74) is 4.48. The smallest absolute Gasteiger partial charge is 0.300 e. The number of methoxy groups -OCH3 is 1. The lowest BCUT2D eigenvalue weighted by Crippen LogP contribution is -2.29. The minimum absolute atomic E-state index is 0.102. The Morgan fingerprint density at radius 3 is 2.30 bits per heavy atom. The zero-order valence-corrected chi connectivity index (χ0v) is 18.5. The van der Waals surface area contributed by atoms with Gasteiger partial charge in [0.05, 0.1) is 18.7 Å². The van der Waals surface area contributed by atoms with E-state index in [1.54, 1.807) is 31.4 Å². The Hall–Kier alpha value is -3.86. The summed E-state index contributed by atoms with van der Waals surface area (Å²) in [6, 6.07) is 21.4. The minimum atomic E-state index is -0.741. The van der Waals surface area contributed by atoms with Gasteiger partial charge in [0.15, 0.2) is 0 Å². The van der Waals surface area contributed by atoms with E-state index in [0.717, 1.165) is 31.2 Å². The monoisotopic (exact) mass is 439 g/mol. The fourth-order valence-corrected chi connectivity index (χ4v) is 4.83. The van der Waals surface area contributed by atoms with Crippen molar-refractivity contribution < 1.29 is 19.4 Å². The Kier molecular flexibility index (Phi) is 5.47. The quantitative estimate of drug-likeness (QED) is 0.345. The van der Waals surface area contributed by atoms with Crippen molar-refractivity contribution in [1.29, 1.82) is 0 Å². The highest BCUT2D eigenvalue weighted by Gasteiger charge is 2.47. The van der Waals surface area contributed by atoms with Crippen molar-refractivity contribution in [3.8, 4) is 5.75 Å². The van der Waals surface area contributed by atoms with E-state index in [0.29, 0.717) is 17.0 Å². The van der Waals surface area contributed by atoms with Crippen LogP contribution in [0.2, 0.25) is 0 Å². The molecule has 2 aliphatic rings. The van der Waals surface area contributed by atoms with E-state index in [1.165, 1.54) is 16.0 Å². The van der Waals surface area contributed by atoms with Crippen LogP contribution in [0.15, 0.2) is 78.4 Å². The fourth-order valence-electron chi connectivity index (χ4n) is 4.83. The zero-order chi connectivity index (χ0) is 22.9. The molecule has 1 N–H and O–H groups in total. The maximum Gasteiger partial charge on any atom is 0.300 e. The average molecular weight is 440 g/mol. The molecule has 3 aromatic carbocycles. The molecule has 166 valence electrons. The van der Waals surface area contributed by atoms with Gasteiger partial charge >= 0.3 is 0 Å². The van der Waals surface area contributed by atoms with E-state index >= 15 is 0 Å². The summed E-state index contributed by atoms with van der Waals surface area (Å²) in [5, 5.41) is 11.4. The first kappa shape index (κ1) is 21.0. The highest BCUT2D eigenvalue weighted by molar-refractivity contribution is 6.51. The lowest BCUT2D eigenvalue weighted by atomic mass is 9.88. The first-order valence-electron chi connectivity index (χ1n) is 11.2. The summed E-state index contributed by atoms with van der Waals surface area (Å²) in [6.45, 7) is 0. The van der Waals surface area contributed by atoms with E-state index in [2.05, 4.69) is 0 Å². The number of anilines is 1. The number of amides is 1. The van der Waals surface area contributed by atoms with Crippen molar-refractivity contribution in [2.75, 3.05) is 12.0 Å². The van der Waals surface area contributed by atoms with Crippen molar-refractivity contribution in [1.82, 2.24) is 0 Å². The van der Waals surface area contributed by atoms with Gasteiger partial charge in [0, 0.05) is 11.3 Å². The Labute approximate surface area is 192 Å². The molecule has 1 heterocycles. The topological polar surface area (TPSA) is 66.8 Å². The lowest BCUT2D eigenvalue weighted by Gasteiger charge is -2.25. The van der Waals surface area contributed by atoms with Gasteiger partial charge in [-0.1, -0.05) is 42.5 Å². The van der Waals surface area contributed by atoms with Crippen LogP contribution >= 0.6 is 0 Å². The van der Waals surface area contributed by atoms with Crippen LogP contribution in [0.1, 0.15) is 41.1 Å². The third kappa shape index (κ3) is 3.69. The minimum Gasteiger partial charge on any atom is -0.507 e. The molecule has 1 unspecified atom stereocenters. The summed E-state index contributed by atoms with van der Waals surface area (Å²) in [7, 11) is 1.58. The van der Waals surface area contributed by atoms with Crippen molar-refractivity contribution in [2.45, 2.75) is 31.7 Å². The standard InChI is InChI=1S/C28H25NO4/c1-33-23-15-13-19(14-16-23)25-24(27(31)28(32)29(25)22-9-3-2-4-10-22)26(30)21-12-11-18-7-5-6-8-20(18)17-21/h2-4,9-17,25,30H,5-8H2,1H3/b26-24-. The van der Waals surface area contributed by atoms with Gasteiger partial charge in [0.1, 0.15) is 11.5 Å². The van der Waals surface area contributed by atoms with Crippen LogP contribution in [0.3, 0.4) is 0 Å². The number of carbonyl (C=O) groups excluding carboxylic acids is 2. The lowest BCUT2D eigenvalue weighted by molar-refractivity contribution is -0.132. The van der Waals surface area contributed by atoms with Gasteiger partial charge in [0.2, 0.25) is 0 Å². The molecule has 0 bridgehead atoms. The number of aryl methyl sites for hydroxylation is 2. The molecule has 1 atom stereocenters. The number of ether oxygens (including phenoxy) is 1. The van der Waals surface area contributed by atoms with Gasteiger partial charge in [-0.15, -0.1) is 0 Å². The van der Waals surface area contributed by atoms with E-state index in [1.807, 2.05) is 48.5 Å². The molecule has 5 nitrogen and oxygen atoms in total. The van der Waals surface area contributed by atoms with Crippen LogP contribution in [0.4, 0.5) is 5.69 Å². The van der Waals surface area contributed by atoms with Crippen molar-refractivity contribution in [3.63, 3.8) is 0 Å². The third-order valence-corrected chi connectivity index (χ3v) is 6.53. The van der Waals surface area contributed by atoms with Crippen LogP contribution < -0.4 is 9.64 Å². The van der Waals surface area contributed by atoms with Crippen LogP contribution in [-0.4, -0.2) is 23.9 Å². The van der Waals surface area contributed by atoms with Crippen molar-refractivity contribution >= 4 is 23.1 Å². The first-order chi connectivity index (χ1) is 16.1. The zero-order valence-electron chi connectivity index (χ0n) is 18.5. The molecule has 33 heavy (non-hydrogen) atoms. The number of nitrogens with zero attached hydrogens (tertiary/aromatic N) is 1. The molecule has 1 aliphatic carbocycles. The number of fused-ring (bicyclic) bond motifs is 1. The largest absolute Gasteiger partial charge is 0.507 e. The van der Waals surface area contributed by atoms with Crippen LogP contribution in [-0.2, 0) is 22.4 Å². The van der Waals surface area contributed by atoms with Gasteiger partial charge in [-0.25, -0.2) is 0 Å². The van der Waals surface area contributed by atoms with E-state index in [9.17, 15) is 14.7 Å². The number of hydrogen-bond acceptors (Lipinski definition) is 4. The second kappa shape index (κ2) is 8.58. The Balaban J connectivity index is 1.68. The summed E-state index contributed by atoms with van der Waals surface area (Å²) in [5.74, 6) is -0.803. The second-order valence-electron chi connectivity index (χ2n) is 8.47. The molecule has 3 aromatic rings. The fraction of sp³-hybridized carbons (Fsp3) is 0.214. The molecule has 1 amide bonds. The Morgan fingerprint density at radius 2 is 1.61 bits per heavy atom. The molecule has 0 saturated carbocycles. The number of benzene rings is 3. The molecule has 1 fully saturated rings. The predicted molar refractivity (Wildman–Crippen MR) is 127 cm³/mol. The average Bonchev–Trinajstić information content (AvgIpc) is 3.14. The van der Waals surface area contributed by atoms with Gasteiger partial charge in [0.25, 0.3) is 11.7 Å². The molecule has 1 saturated heterocycles. The summed E-state index contributed by atoms with van der Waals surface area (Å²) < 4.78 is 5.27. The maximum absolute atomic E-state index is 13.3. The number of hydrogen-bond donors (Lipinski definition) is 1. The summed E-state index contributed by atoms with van der Waals surface area (Å²) in [6.07, 6.45) is 4.26. The molecule has 1 aliphatic heterocycles. The third-order valence-electron chi connectivity index (χ3n) is 6.53. The normalized spacial score (nSPS) is 19.4. The first-order valence-corrected chi connectivity index (χ1v) is 11.2. The van der Waals surface area contributed by atoms with Gasteiger partial charge in [-0.05, 0) is 72.7 Å². The van der Waals surface area contributed by atoms with Crippen molar-refractivity contribution in [3.05, 3.63) is 101 Å². The van der Waals surface area contributed by atoms with Gasteiger partial charge in [-0.2, -0.15) is 0 Å². The number of aliphatic hydroxyl groups is 1. The maximum atomic E-state index is 13.3. The molecule has 5 heteroatoms. The Bertz CT molecular complexity index is 1240. The van der Waals surface area contributed by atoms with E-state index in [4.69, 9.17) is 4.74 Å². The van der Waals surface area contributed by atoms with E-state index in [-0.39, 0.29) is 11.3 Å². The van der Waals surface area contributed by atoms with Crippen LogP contribution in [0, 0.1) is 0 Å². The summed E-state index contributed by atoms with van der Waals surface area (Å²) in [4.78, 5) is 27.9. The van der Waals surface area contributed by atoms with Crippen molar-refractivity contribution in [2.24, 2.45) is 0 Å². The predicted octanol–water partition coefficient (Wildman–Crippen LogP) is 5.20. The number of carbonyl (C=O) groups is 2. The molecule has 5 rings (SSSR count). The highest BCUT2D eigenvalue weighted by atomic mass is 16.5. The number of para-hydroxylation sites is 1. The molecule has 0 aromatic heterocycles. The van der Waals surface area contributed by atoms with Crippen LogP contribution in [0.25, 0.3) is 5.76 Å². The highest BCUT2D eigenvalue weighted by Crippen LogP contribution is 2.42. The van der Waals surface area contributed by atoms with Crippen LogP contribution in [0.5, 0.6) is 5.75 Å². The molecule has 0 spiro atoms.